The van der Waals surface area contributed by atoms with Crippen LogP contribution in [0.25, 0.3) is 22.3 Å². The summed E-state index contributed by atoms with van der Waals surface area (Å²) in [6, 6.07) is 36.8. The van der Waals surface area contributed by atoms with Crippen molar-refractivity contribution in [3.05, 3.63) is 137 Å². The monoisotopic (exact) mass is 539 g/mol. The zero-order valence-electron chi connectivity index (χ0n) is 20.8. The summed E-state index contributed by atoms with van der Waals surface area (Å²) in [5.74, 6) is 0.550. The van der Waals surface area contributed by atoms with Crippen molar-refractivity contribution < 1.29 is 18.3 Å². The molecule has 39 heavy (non-hydrogen) atoms. The molecule has 194 valence electrons. The van der Waals surface area contributed by atoms with Crippen LogP contribution < -0.4 is 14.8 Å². The van der Waals surface area contributed by atoms with Gasteiger partial charge < -0.3 is 14.8 Å². The number of nitrogens with one attached hydrogen (secondary N) is 1. The molecular weight excluding hydrogens is 516 g/mol. The van der Waals surface area contributed by atoms with Gasteiger partial charge in [-0.05, 0) is 58.7 Å². The summed E-state index contributed by atoms with van der Waals surface area (Å²) in [6.45, 7) is -2.27. The number of para-hydroxylation sites is 1. The maximum Gasteiger partial charge on any atom is 0.387 e. The first-order valence-electron chi connectivity index (χ1n) is 12.6. The molecule has 5 aromatic rings. The quantitative estimate of drug-likeness (QED) is 0.223. The van der Waals surface area contributed by atoms with Gasteiger partial charge in [-0.15, -0.1) is 0 Å². The minimum Gasteiger partial charge on any atom is -0.480 e. The molecule has 6 rings (SSSR count). The van der Waals surface area contributed by atoms with Crippen molar-refractivity contribution in [1.82, 2.24) is 0 Å². The van der Waals surface area contributed by atoms with E-state index in [1.165, 1.54) is 11.6 Å². The van der Waals surface area contributed by atoms with E-state index in [0.29, 0.717) is 22.9 Å². The summed E-state index contributed by atoms with van der Waals surface area (Å²) in [7, 11) is 0. The lowest BCUT2D eigenvalue weighted by Crippen LogP contribution is -2.17. The van der Waals surface area contributed by atoms with Crippen molar-refractivity contribution in [2.45, 2.75) is 19.3 Å². The Morgan fingerprint density at radius 2 is 1.59 bits per heavy atom. The van der Waals surface area contributed by atoms with Gasteiger partial charge in [-0.3, -0.25) is 0 Å². The summed E-state index contributed by atoms with van der Waals surface area (Å²) < 4.78 is 37.9. The number of ether oxygens (including phenoxy) is 2. The van der Waals surface area contributed by atoms with Crippen molar-refractivity contribution in [1.29, 1.82) is 0 Å². The Labute approximate surface area is 230 Å². The van der Waals surface area contributed by atoms with Crippen LogP contribution >= 0.6 is 11.6 Å². The van der Waals surface area contributed by atoms with E-state index in [2.05, 4.69) is 29.6 Å². The molecule has 1 aliphatic rings. The Bertz CT molecular complexity index is 1620. The van der Waals surface area contributed by atoms with Gasteiger partial charge >= 0.3 is 6.61 Å². The van der Waals surface area contributed by atoms with Crippen LogP contribution in [-0.4, -0.2) is 6.61 Å². The fraction of sp³-hybridized carbons (Fsp3) is 0.0909. The number of rotatable bonds is 7. The first-order valence-corrected chi connectivity index (χ1v) is 13.0. The lowest BCUT2D eigenvalue weighted by Gasteiger charge is -2.31. The summed E-state index contributed by atoms with van der Waals surface area (Å²) >= 11 is 6.34. The molecule has 5 aromatic carbocycles. The molecule has 0 bridgehead atoms. The SMILES string of the molecule is FC(F)Oc1cccc2c1-c1ccc(-c3ccccc3NCc3ccccc3)cc1C(c1cccc(Cl)c1)O2. The van der Waals surface area contributed by atoms with E-state index in [0.717, 1.165) is 33.5 Å². The van der Waals surface area contributed by atoms with E-state index in [-0.39, 0.29) is 5.75 Å². The highest BCUT2D eigenvalue weighted by molar-refractivity contribution is 6.30. The predicted octanol–water partition coefficient (Wildman–Crippen LogP) is 9.37. The zero-order valence-corrected chi connectivity index (χ0v) is 21.5. The molecule has 0 fully saturated rings. The van der Waals surface area contributed by atoms with Crippen LogP contribution in [0.15, 0.2) is 115 Å². The second-order valence-corrected chi connectivity index (χ2v) is 9.68. The van der Waals surface area contributed by atoms with Crippen LogP contribution in [0.5, 0.6) is 11.5 Å². The Kier molecular flexibility index (Phi) is 6.91. The topological polar surface area (TPSA) is 30.5 Å². The average Bonchev–Trinajstić information content (AvgIpc) is 2.96. The van der Waals surface area contributed by atoms with E-state index in [1.807, 2.05) is 72.8 Å². The largest absolute Gasteiger partial charge is 0.480 e. The predicted molar refractivity (Wildman–Crippen MR) is 152 cm³/mol. The van der Waals surface area contributed by atoms with Crippen LogP contribution in [0.1, 0.15) is 22.8 Å². The van der Waals surface area contributed by atoms with Crippen LogP contribution in [0.4, 0.5) is 14.5 Å². The highest BCUT2D eigenvalue weighted by atomic mass is 35.5. The Morgan fingerprint density at radius 3 is 2.41 bits per heavy atom. The summed E-state index contributed by atoms with van der Waals surface area (Å²) in [6.07, 6.45) is -0.489. The molecule has 0 saturated heterocycles. The van der Waals surface area contributed by atoms with Gasteiger partial charge in [0.1, 0.15) is 17.6 Å². The number of hydrogen-bond acceptors (Lipinski definition) is 3. The van der Waals surface area contributed by atoms with Gasteiger partial charge in [-0.25, -0.2) is 0 Å². The van der Waals surface area contributed by atoms with Crippen LogP contribution in [0.3, 0.4) is 0 Å². The minimum absolute atomic E-state index is 0.0750. The molecule has 1 aliphatic heterocycles. The number of anilines is 1. The lowest BCUT2D eigenvalue weighted by atomic mass is 9.86. The first-order chi connectivity index (χ1) is 19.1. The third-order valence-electron chi connectivity index (χ3n) is 6.77. The van der Waals surface area contributed by atoms with E-state index >= 15 is 0 Å². The normalized spacial score (nSPS) is 13.8. The second kappa shape index (κ2) is 10.8. The zero-order chi connectivity index (χ0) is 26.8. The third-order valence-corrected chi connectivity index (χ3v) is 7.00. The van der Waals surface area contributed by atoms with E-state index in [1.54, 1.807) is 12.1 Å². The number of hydrogen-bond donors (Lipinski definition) is 1. The van der Waals surface area contributed by atoms with E-state index in [9.17, 15) is 8.78 Å². The molecule has 0 amide bonds. The molecule has 0 aliphatic carbocycles. The van der Waals surface area contributed by atoms with Crippen LogP contribution in [0.2, 0.25) is 5.02 Å². The molecule has 6 heteroatoms. The van der Waals surface area contributed by atoms with Crippen molar-refractivity contribution >= 4 is 17.3 Å². The first kappa shape index (κ1) is 25.0. The van der Waals surface area contributed by atoms with Gasteiger partial charge in [0, 0.05) is 28.4 Å². The molecule has 3 nitrogen and oxygen atoms in total. The van der Waals surface area contributed by atoms with Crippen molar-refractivity contribution in [2.24, 2.45) is 0 Å². The minimum atomic E-state index is -2.95. The molecule has 0 saturated carbocycles. The van der Waals surface area contributed by atoms with E-state index < -0.39 is 12.7 Å². The Hall–Kier alpha value is -4.35. The smallest absolute Gasteiger partial charge is 0.387 e. The van der Waals surface area contributed by atoms with Crippen LogP contribution in [0, 0.1) is 0 Å². The average molecular weight is 540 g/mol. The summed E-state index contributed by atoms with van der Waals surface area (Å²) in [5, 5.41) is 4.14. The molecule has 0 aromatic heterocycles. The van der Waals surface area contributed by atoms with Gasteiger partial charge in [0.25, 0.3) is 0 Å². The molecule has 0 spiro atoms. The number of halogens is 3. The molecule has 1 unspecified atom stereocenters. The Balaban J connectivity index is 1.46. The lowest BCUT2D eigenvalue weighted by molar-refractivity contribution is -0.0496. The van der Waals surface area contributed by atoms with Crippen LogP contribution in [-0.2, 0) is 6.54 Å². The van der Waals surface area contributed by atoms with E-state index in [4.69, 9.17) is 21.1 Å². The van der Waals surface area contributed by atoms with Crippen molar-refractivity contribution in [3.63, 3.8) is 0 Å². The highest BCUT2D eigenvalue weighted by Gasteiger charge is 2.31. The number of alkyl halides is 2. The molecule has 1 heterocycles. The van der Waals surface area contributed by atoms with Gasteiger partial charge in [0.15, 0.2) is 0 Å². The second-order valence-electron chi connectivity index (χ2n) is 9.25. The number of benzene rings is 5. The van der Waals surface area contributed by atoms with Gasteiger partial charge in [0.2, 0.25) is 0 Å². The maximum atomic E-state index is 13.3. The molecule has 0 radical (unpaired) electrons. The maximum absolute atomic E-state index is 13.3. The fourth-order valence-electron chi connectivity index (χ4n) is 5.03. The molecular formula is C33H24ClF2NO2. The van der Waals surface area contributed by atoms with Gasteiger partial charge in [0.05, 0.1) is 5.56 Å². The summed E-state index contributed by atoms with van der Waals surface area (Å²) in [5.41, 5.74) is 7.13. The third kappa shape index (κ3) is 5.18. The fourth-order valence-corrected chi connectivity index (χ4v) is 5.23. The highest BCUT2D eigenvalue weighted by Crippen LogP contribution is 2.50. The molecule has 1 N–H and O–H groups in total. The molecule has 1 atom stereocenters. The van der Waals surface area contributed by atoms with Gasteiger partial charge in [-0.2, -0.15) is 8.78 Å². The standard InChI is InChI=1S/C33H24ClF2NO2/c34-24-11-6-10-23(18-24)32-27-19-22(25-12-4-5-13-28(25)37-20-21-8-2-1-3-9-21)16-17-26(27)31-29(38-32)14-7-15-30(31)39-33(35)36/h1-19,32-33,37H,20H2. The van der Waals surface area contributed by atoms with Gasteiger partial charge in [-0.1, -0.05) is 90.5 Å². The Morgan fingerprint density at radius 1 is 0.795 bits per heavy atom. The number of fused-ring (bicyclic) bond motifs is 3. The summed E-state index contributed by atoms with van der Waals surface area (Å²) in [4.78, 5) is 0. The van der Waals surface area contributed by atoms with Crippen molar-refractivity contribution in [3.8, 4) is 33.8 Å². The van der Waals surface area contributed by atoms with Crippen molar-refractivity contribution in [2.75, 3.05) is 5.32 Å².